The minimum absolute atomic E-state index is 0.185. The highest BCUT2D eigenvalue weighted by Gasteiger charge is 2.44. The third-order valence-corrected chi connectivity index (χ3v) is 16.4. The maximum atomic E-state index is 13.1. The summed E-state index contributed by atoms with van der Waals surface area (Å²) in [5.74, 6) is -0.185. The van der Waals surface area contributed by atoms with Crippen molar-refractivity contribution in [3.63, 3.8) is 0 Å². The minimum atomic E-state index is -1.57. The number of carbonyl (C=O) groups excluding carboxylic acids is 1. The van der Waals surface area contributed by atoms with Crippen LogP contribution in [0.3, 0.4) is 0 Å². The summed E-state index contributed by atoms with van der Waals surface area (Å²) in [6.45, 7) is 3.79. The molecule has 1 fully saturated rings. The van der Waals surface area contributed by atoms with Gasteiger partial charge in [0.05, 0.1) is 25.4 Å². The van der Waals surface area contributed by atoms with Gasteiger partial charge in [-0.25, -0.2) is 0 Å². The van der Waals surface area contributed by atoms with Crippen LogP contribution in [-0.2, 0) is 14.3 Å². The van der Waals surface area contributed by atoms with E-state index in [1.165, 1.54) is 270 Å². The predicted octanol–water partition coefficient (Wildman–Crippen LogP) is 18.4. The SMILES string of the molecule is CCCCCCCCCC/C=C\CCCCCCCCCCCCCCCCCCCCCCCCCCCC(=O)NC(COC1OC(CO)C(O)C(O)C1O)C(O)/C=C/CC/C=C/CC/C=C/CCCCCCCCCCC. The summed E-state index contributed by atoms with van der Waals surface area (Å²) < 4.78 is 11.3. The van der Waals surface area contributed by atoms with Crippen LogP contribution in [0.4, 0.5) is 0 Å². The van der Waals surface area contributed by atoms with E-state index in [-0.39, 0.29) is 12.5 Å². The number of amides is 1. The number of ether oxygens (including phenoxy) is 2. The third kappa shape index (κ3) is 48.3. The van der Waals surface area contributed by atoms with Gasteiger partial charge in [0.1, 0.15) is 24.4 Å². The second-order valence-electron chi connectivity index (χ2n) is 24.0. The van der Waals surface area contributed by atoms with E-state index in [4.69, 9.17) is 9.47 Å². The molecule has 6 N–H and O–H groups in total. The molecule has 9 heteroatoms. The van der Waals surface area contributed by atoms with Gasteiger partial charge in [-0.15, -0.1) is 0 Å². The lowest BCUT2D eigenvalue weighted by Gasteiger charge is -2.40. The van der Waals surface area contributed by atoms with Crippen molar-refractivity contribution in [2.75, 3.05) is 13.2 Å². The molecule has 0 spiro atoms. The third-order valence-electron chi connectivity index (χ3n) is 16.4. The van der Waals surface area contributed by atoms with E-state index in [1.807, 2.05) is 6.08 Å². The Morgan fingerprint density at radius 2 is 0.722 bits per heavy atom. The number of nitrogens with one attached hydrogen (secondary N) is 1. The topological polar surface area (TPSA) is 149 Å². The van der Waals surface area contributed by atoms with Crippen molar-refractivity contribution in [2.45, 2.75) is 378 Å². The smallest absolute Gasteiger partial charge is 0.220 e. The summed E-state index contributed by atoms with van der Waals surface area (Å²) in [4.78, 5) is 13.1. The first kappa shape index (κ1) is 75.2. The molecule has 1 rings (SSSR count). The Kier molecular flexibility index (Phi) is 56.4. The first-order valence-electron chi connectivity index (χ1n) is 34.4. The van der Waals surface area contributed by atoms with Crippen LogP contribution in [0.15, 0.2) is 48.6 Å². The molecule has 0 radical (unpaired) electrons. The van der Waals surface area contributed by atoms with Gasteiger partial charge >= 0.3 is 0 Å². The summed E-state index contributed by atoms with van der Waals surface area (Å²) in [6.07, 6.45) is 73.7. The number of hydrogen-bond acceptors (Lipinski definition) is 8. The van der Waals surface area contributed by atoms with Crippen LogP contribution in [0.5, 0.6) is 0 Å². The second-order valence-corrected chi connectivity index (χ2v) is 24.0. The second kappa shape index (κ2) is 59.3. The van der Waals surface area contributed by atoms with Gasteiger partial charge < -0.3 is 40.3 Å². The molecule has 7 unspecified atom stereocenters. The monoisotopic (exact) mass is 1110 g/mol. The van der Waals surface area contributed by atoms with Crippen LogP contribution < -0.4 is 5.32 Å². The maximum Gasteiger partial charge on any atom is 0.220 e. The molecule has 0 aromatic rings. The lowest BCUT2D eigenvalue weighted by molar-refractivity contribution is -0.302. The van der Waals surface area contributed by atoms with Gasteiger partial charge in [0.25, 0.3) is 0 Å². The van der Waals surface area contributed by atoms with Crippen LogP contribution in [0.2, 0.25) is 0 Å². The van der Waals surface area contributed by atoms with Gasteiger partial charge in [-0.05, 0) is 70.6 Å². The van der Waals surface area contributed by atoms with Crippen molar-refractivity contribution < 1.29 is 39.8 Å². The fourth-order valence-corrected chi connectivity index (χ4v) is 11.0. The average Bonchev–Trinajstić information content (AvgIpc) is 3.46. The van der Waals surface area contributed by atoms with Crippen LogP contribution in [-0.4, -0.2) is 87.5 Å². The molecule has 0 aromatic carbocycles. The van der Waals surface area contributed by atoms with E-state index in [0.717, 1.165) is 44.9 Å². The first-order chi connectivity index (χ1) is 38.8. The van der Waals surface area contributed by atoms with E-state index in [1.54, 1.807) is 6.08 Å². The number of hydrogen-bond donors (Lipinski definition) is 6. The molecule has 1 aliphatic rings. The fourth-order valence-electron chi connectivity index (χ4n) is 11.0. The Labute approximate surface area is 488 Å². The molecule has 9 nitrogen and oxygen atoms in total. The summed E-state index contributed by atoms with van der Waals surface area (Å²) >= 11 is 0. The van der Waals surface area contributed by atoms with Crippen LogP contribution in [0, 0.1) is 0 Å². The summed E-state index contributed by atoms with van der Waals surface area (Å²) in [6, 6.07) is -0.828. The number of aliphatic hydroxyl groups excluding tert-OH is 5. The molecular formula is C70H131NO8. The van der Waals surface area contributed by atoms with Gasteiger partial charge in [0.15, 0.2) is 6.29 Å². The van der Waals surface area contributed by atoms with E-state index in [9.17, 15) is 30.3 Å². The van der Waals surface area contributed by atoms with Crippen molar-refractivity contribution in [3.8, 4) is 0 Å². The zero-order valence-electron chi connectivity index (χ0n) is 51.9. The predicted molar refractivity (Wildman–Crippen MR) is 336 cm³/mol. The van der Waals surface area contributed by atoms with Crippen LogP contribution in [0.1, 0.15) is 335 Å². The Morgan fingerprint density at radius 1 is 0.418 bits per heavy atom. The van der Waals surface area contributed by atoms with Gasteiger partial charge in [-0.3, -0.25) is 4.79 Å². The molecular weight excluding hydrogens is 983 g/mol. The standard InChI is InChI=1S/C70H131NO8/c1-3-5-7-9-11-13-15-17-19-21-23-24-25-26-27-28-29-30-31-32-33-34-35-36-37-38-39-40-42-44-46-48-50-52-54-56-58-60-66(74)71-63(62-78-70-69(77)68(76)67(75)65(61-72)79-70)64(73)59-57-55-53-51-49-47-45-43-41-22-20-18-16-14-12-10-8-6-4-2/h21,23,41,43,49,51,57,59,63-65,67-70,72-73,75-77H,3-20,22,24-40,42,44-48,50,52-56,58,60-62H2,1-2H3,(H,71,74)/b23-21-,43-41+,51-49+,59-57+. The lowest BCUT2D eigenvalue weighted by Crippen LogP contribution is -2.60. The molecule has 1 saturated heterocycles. The molecule has 0 bridgehead atoms. The first-order valence-corrected chi connectivity index (χ1v) is 34.4. The molecule has 79 heavy (non-hydrogen) atoms. The molecule has 1 amide bonds. The minimum Gasteiger partial charge on any atom is -0.394 e. The maximum absolute atomic E-state index is 13.1. The highest BCUT2D eigenvalue weighted by Crippen LogP contribution is 2.23. The van der Waals surface area contributed by atoms with Crippen molar-refractivity contribution >= 4 is 5.91 Å². The molecule has 7 atom stereocenters. The largest absolute Gasteiger partial charge is 0.394 e. The summed E-state index contributed by atoms with van der Waals surface area (Å²) in [5, 5.41) is 54.6. The number of unbranched alkanes of at least 4 members (excludes halogenated alkanes) is 44. The number of allylic oxidation sites excluding steroid dienone is 7. The Hall–Kier alpha value is -1.85. The van der Waals surface area contributed by atoms with Crippen LogP contribution >= 0.6 is 0 Å². The number of aliphatic hydroxyl groups is 5. The van der Waals surface area contributed by atoms with Gasteiger partial charge in [0.2, 0.25) is 5.91 Å². The van der Waals surface area contributed by atoms with Crippen LogP contribution in [0.25, 0.3) is 0 Å². The van der Waals surface area contributed by atoms with E-state index >= 15 is 0 Å². The van der Waals surface area contributed by atoms with E-state index in [2.05, 4.69) is 55.6 Å². The zero-order chi connectivity index (χ0) is 57.2. The molecule has 0 saturated carbocycles. The van der Waals surface area contributed by atoms with E-state index in [0.29, 0.717) is 6.42 Å². The zero-order valence-corrected chi connectivity index (χ0v) is 51.9. The summed E-state index contributed by atoms with van der Waals surface area (Å²) in [5.41, 5.74) is 0. The van der Waals surface area contributed by atoms with Gasteiger partial charge in [-0.2, -0.15) is 0 Å². The molecule has 1 heterocycles. The Bertz CT molecular complexity index is 1380. The number of rotatable bonds is 60. The average molecular weight is 1110 g/mol. The highest BCUT2D eigenvalue weighted by molar-refractivity contribution is 5.76. The van der Waals surface area contributed by atoms with Crippen molar-refractivity contribution in [1.82, 2.24) is 5.32 Å². The quantitative estimate of drug-likeness (QED) is 0.0261. The molecule has 1 aliphatic heterocycles. The van der Waals surface area contributed by atoms with E-state index < -0.39 is 49.5 Å². The Balaban J connectivity index is 2.09. The Morgan fingerprint density at radius 3 is 1.06 bits per heavy atom. The fraction of sp³-hybridized carbons (Fsp3) is 0.871. The van der Waals surface area contributed by atoms with Gasteiger partial charge in [0, 0.05) is 6.42 Å². The van der Waals surface area contributed by atoms with Gasteiger partial charge in [-0.1, -0.05) is 306 Å². The van der Waals surface area contributed by atoms with Crippen molar-refractivity contribution in [3.05, 3.63) is 48.6 Å². The lowest BCUT2D eigenvalue weighted by atomic mass is 9.99. The highest BCUT2D eigenvalue weighted by atomic mass is 16.7. The van der Waals surface area contributed by atoms with Crippen molar-refractivity contribution in [1.29, 1.82) is 0 Å². The molecule has 0 aliphatic carbocycles. The van der Waals surface area contributed by atoms with Crippen molar-refractivity contribution in [2.24, 2.45) is 0 Å². The normalized spacial score (nSPS) is 18.8. The number of carbonyl (C=O) groups is 1. The molecule has 0 aromatic heterocycles. The summed E-state index contributed by atoms with van der Waals surface area (Å²) in [7, 11) is 0. The molecule has 464 valence electrons.